The van der Waals surface area contributed by atoms with Crippen molar-refractivity contribution in [2.24, 2.45) is 5.92 Å². The van der Waals surface area contributed by atoms with Crippen LogP contribution in [0.3, 0.4) is 0 Å². The van der Waals surface area contributed by atoms with Crippen LogP contribution < -0.4 is 9.47 Å². The molecule has 29 heavy (non-hydrogen) atoms. The molecule has 0 saturated heterocycles. The second-order valence-corrected chi connectivity index (χ2v) is 7.75. The van der Waals surface area contributed by atoms with Crippen molar-refractivity contribution in [2.45, 2.75) is 77.6 Å². The van der Waals surface area contributed by atoms with Crippen molar-refractivity contribution in [3.8, 4) is 11.5 Å². The summed E-state index contributed by atoms with van der Waals surface area (Å²) in [5.74, 6) is -2.79. The Kier molecular flexibility index (Phi) is 4.34. The Bertz CT molecular complexity index is 997. The summed E-state index contributed by atoms with van der Waals surface area (Å²) in [6, 6.07) is 3.36. The molecule has 2 unspecified atom stereocenters. The monoisotopic (exact) mass is 406 g/mol. The van der Waals surface area contributed by atoms with E-state index in [1.165, 1.54) is 14.0 Å². The normalized spacial score (nSPS) is 25.8. The van der Waals surface area contributed by atoms with E-state index in [1.54, 1.807) is 18.2 Å². The van der Waals surface area contributed by atoms with E-state index < -0.39 is 43.1 Å². The van der Waals surface area contributed by atoms with Crippen LogP contribution in [0.25, 0.3) is 0 Å². The van der Waals surface area contributed by atoms with Gasteiger partial charge in [0.2, 0.25) is 0 Å². The average molecular weight is 407 g/mol. The summed E-state index contributed by atoms with van der Waals surface area (Å²) in [5.41, 5.74) is -1.09. The highest BCUT2D eigenvalue weighted by molar-refractivity contribution is 5.89. The summed E-state index contributed by atoms with van der Waals surface area (Å²) in [4.78, 5) is 24.3. The molecule has 0 bridgehead atoms. The minimum atomic E-state index is -3.00. The first-order valence-corrected chi connectivity index (χ1v) is 10.1. The van der Waals surface area contributed by atoms with Gasteiger partial charge in [-0.15, -0.1) is 0 Å². The molecule has 1 aromatic rings. The Morgan fingerprint density at radius 1 is 1.31 bits per heavy atom. The van der Waals surface area contributed by atoms with Gasteiger partial charge in [-0.2, -0.15) is 0 Å². The smallest absolute Gasteiger partial charge is 0.333 e. The maximum Gasteiger partial charge on any atom is 0.333 e. The van der Waals surface area contributed by atoms with Crippen molar-refractivity contribution in [2.75, 3.05) is 7.11 Å². The number of unbranched alkanes of at least 4 members (excludes halogenated alkanes) is 2. The minimum absolute atomic E-state index is 0.0473. The van der Waals surface area contributed by atoms with Gasteiger partial charge < -0.3 is 14.2 Å². The summed E-state index contributed by atoms with van der Waals surface area (Å²) < 4.78 is 66.1. The lowest BCUT2D eigenvalue weighted by Crippen LogP contribution is -2.45. The molecule has 0 aromatic heterocycles. The molecule has 5 nitrogen and oxygen atoms in total. The molecule has 1 aromatic carbocycles. The number of esters is 2. The number of methoxy groups -OCH3 is 1. The van der Waals surface area contributed by atoms with Crippen molar-refractivity contribution in [3.05, 3.63) is 34.9 Å². The molecule has 0 saturated carbocycles. The van der Waals surface area contributed by atoms with Crippen LogP contribution in [0.4, 0.5) is 0 Å². The molecule has 2 aliphatic rings. The predicted molar refractivity (Wildman–Crippen MR) is 111 cm³/mol. The number of benzene rings is 1. The highest BCUT2D eigenvalue weighted by Gasteiger charge is 2.46. The Morgan fingerprint density at radius 2 is 2.10 bits per heavy atom. The lowest BCUT2D eigenvalue weighted by Gasteiger charge is -2.46. The van der Waals surface area contributed by atoms with Gasteiger partial charge in [0.25, 0.3) is 0 Å². The van der Waals surface area contributed by atoms with Crippen LogP contribution in [-0.4, -0.2) is 24.6 Å². The van der Waals surface area contributed by atoms with Gasteiger partial charge in [0.15, 0.2) is 0 Å². The highest BCUT2D eigenvalue weighted by Crippen LogP contribution is 2.53. The lowest BCUT2D eigenvalue weighted by molar-refractivity contribution is -0.136. The third-order valence-corrected chi connectivity index (χ3v) is 5.60. The largest absolute Gasteiger partial charge is 0.487 e. The van der Waals surface area contributed by atoms with Crippen molar-refractivity contribution in [3.63, 3.8) is 0 Å². The molecule has 1 aliphatic carbocycles. The van der Waals surface area contributed by atoms with Gasteiger partial charge in [-0.3, -0.25) is 4.79 Å². The van der Waals surface area contributed by atoms with Gasteiger partial charge >= 0.3 is 11.9 Å². The minimum Gasteiger partial charge on any atom is -0.487 e. The second-order valence-electron chi connectivity index (χ2n) is 7.75. The van der Waals surface area contributed by atoms with E-state index in [-0.39, 0.29) is 24.3 Å². The fraction of sp³-hybridized carbons (Fsp3) is 0.583. The number of hydrogen-bond acceptors (Lipinski definition) is 5. The molecule has 0 fully saturated rings. The molecule has 158 valence electrons. The summed E-state index contributed by atoms with van der Waals surface area (Å²) in [7, 11) is 1.25. The molecule has 0 spiro atoms. The van der Waals surface area contributed by atoms with Crippen molar-refractivity contribution >= 4 is 11.9 Å². The summed E-state index contributed by atoms with van der Waals surface area (Å²) in [5, 5.41) is 0. The van der Waals surface area contributed by atoms with E-state index >= 15 is 0 Å². The van der Waals surface area contributed by atoms with Gasteiger partial charge in [-0.25, -0.2) is 4.79 Å². The van der Waals surface area contributed by atoms with Crippen molar-refractivity contribution < 1.29 is 32.0 Å². The number of carbonyl (C=O) groups excluding carboxylic acids is 2. The first kappa shape index (κ1) is 14.6. The SMILES string of the molecule is [2H]C([2H])([2H])C1(C([2H])([2H])[2H])Oc2cc(CCCCC)cc(OC(C)=O)c2C2C=C(C(=O)OC)CCC21. The second kappa shape index (κ2) is 8.60. The Balaban J connectivity index is 2.31. The number of fused-ring (bicyclic) bond motifs is 3. The van der Waals surface area contributed by atoms with E-state index in [4.69, 9.17) is 22.4 Å². The van der Waals surface area contributed by atoms with Crippen LogP contribution in [0.2, 0.25) is 0 Å². The van der Waals surface area contributed by atoms with Gasteiger partial charge in [-0.1, -0.05) is 25.8 Å². The number of ether oxygens (including phenoxy) is 3. The molecule has 3 rings (SSSR count). The third-order valence-electron chi connectivity index (χ3n) is 5.60. The Hall–Kier alpha value is -2.30. The maximum absolute atomic E-state index is 12.3. The summed E-state index contributed by atoms with van der Waals surface area (Å²) in [6.07, 6.45) is 5.17. The van der Waals surface area contributed by atoms with Crippen LogP contribution >= 0.6 is 0 Å². The lowest BCUT2D eigenvalue weighted by atomic mass is 9.67. The van der Waals surface area contributed by atoms with Gasteiger partial charge in [0.05, 0.1) is 7.11 Å². The first-order valence-electron chi connectivity index (χ1n) is 13.1. The topological polar surface area (TPSA) is 61.8 Å². The zero-order valence-corrected chi connectivity index (χ0v) is 17.2. The quantitative estimate of drug-likeness (QED) is 0.373. The first-order chi connectivity index (χ1) is 16.3. The van der Waals surface area contributed by atoms with E-state index in [2.05, 4.69) is 6.92 Å². The Morgan fingerprint density at radius 3 is 2.76 bits per heavy atom. The van der Waals surface area contributed by atoms with E-state index in [9.17, 15) is 9.59 Å². The standard InChI is InChI=1S/C24H32O5/c1-6-7-8-9-16-12-20(28-15(2)25)22-18-14-17(23(26)27-5)10-11-19(18)24(3,4)29-21(22)13-16/h12-14,18-19H,6-11H2,1-5H3/i3D3,4D3. The molecule has 1 aliphatic heterocycles. The zero-order valence-electron chi connectivity index (χ0n) is 23.2. The van der Waals surface area contributed by atoms with Crippen molar-refractivity contribution in [1.29, 1.82) is 0 Å². The molecular formula is C24H32O5. The molecule has 0 N–H and O–H groups in total. The maximum atomic E-state index is 12.3. The summed E-state index contributed by atoms with van der Waals surface area (Å²) in [6.45, 7) is -2.69. The van der Waals surface area contributed by atoms with Crippen LogP contribution in [0.15, 0.2) is 23.8 Å². The number of hydrogen-bond donors (Lipinski definition) is 0. The number of rotatable bonds is 6. The van der Waals surface area contributed by atoms with Gasteiger partial charge in [0.1, 0.15) is 17.1 Å². The van der Waals surface area contributed by atoms with Gasteiger partial charge in [-0.05, 0) is 57.1 Å². The van der Waals surface area contributed by atoms with Gasteiger partial charge in [0, 0.05) is 38.1 Å². The molecule has 5 heteroatoms. The number of allylic oxidation sites excluding steroid dienone is 1. The summed E-state index contributed by atoms with van der Waals surface area (Å²) >= 11 is 0. The third kappa shape index (κ3) is 4.49. The van der Waals surface area contributed by atoms with Crippen LogP contribution in [0.5, 0.6) is 11.5 Å². The number of carbonyl (C=O) groups is 2. The number of aryl methyl sites for hydroxylation is 1. The fourth-order valence-electron chi connectivity index (χ4n) is 4.23. The van der Waals surface area contributed by atoms with E-state index in [0.717, 1.165) is 24.8 Å². The highest BCUT2D eigenvalue weighted by atomic mass is 16.5. The van der Waals surface area contributed by atoms with E-state index in [1.807, 2.05) is 0 Å². The molecule has 0 radical (unpaired) electrons. The average Bonchev–Trinajstić information content (AvgIpc) is 2.75. The van der Waals surface area contributed by atoms with Crippen LogP contribution in [-0.2, 0) is 20.7 Å². The van der Waals surface area contributed by atoms with Crippen LogP contribution in [0.1, 0.15) is 84.9 Å². The molecule has 2 atom stereocenters. The molecule has 1 heterocycles. The molecule has 0 amide bonds. The van der Waals surface area contributed by atoms with Crippen molar-refractivity contribution in [1.82, 2.24) is 0 Å². The van der Waals surface area contributed by atoms with E-state index in [0.29, 0.717) is 17.6 Å². The molecular weight excluding hydrogens is 368 g/mol. The fourth-order valence-corrected chi connectivity index (χ4v) is 4.23. The van der Waals surface area contributed by atoms with Crippen LogP contribution in [0, 0.1) is 5.92 Å². The Labute approximate surface area is 181 Å². The zero-order chi connectivity index (χ0) is 26.2. The predicted octanol–water partition coefficient (Wildman–Crippen LogP) is 5.11.